The highest BCUT2D eigenvalue weighted by atomic mass is 32.2. The van der Waals surface area contributed by atoms with Crippen molar-refractivity contribution >= 4 is 117 Å². The van der Waals surface area contributed by atoms with Crippen LogP contribution in [0.15, 0.2) is 0 Å². The second kappa shape index (κ2) is 30.4. The van der Waals surface area contributed by atoms with Crippen molar-refractivity contribution in [3.05, 3.63) is 0 Å². The maximum absolute atomic E-state index is 13.2. The predicted octanol–water partition coefficient (Wildman–Crippen LogP) is 3.06. The molecule has 0 aromatic carbocycles. The minimum atomic E-state index is -1.04. The lowest BCUT2D eigenvalue weighted by Crippen LogP contribution is -2.43. The van der Waals surface area contributed by atoms with Crippen molar-refractivity contribution in [2.24, 2.45) is 16.7 Å². The van der Waals surface area contributed by atoms with Gasteiger partial charge in [-0.1, -0.05) is 34.6 Å². The third-order valence-corrected chi connectivity index (χ3v) is 17.5. The Morgan fingerprint density at radius 1 is 0.473 bits per heavy atom. The molecule has 4 aliphatic heterocycles. The topological polar surface area (TPSA) is 255 Å². The molecule has 74 heavy (non-hydrogen) atoms. The van der Waals surface area contributed by atoms with Crippen LogP contribution < -0.4 is 0 Å². The van der Waals surface area contributed by atoms with Crippen LogP contribution in [-0.4, -0.2) is 213 Å². The van der Waals surface area contributed by atoms with E-state index in [-0.39, 0.29) is 230 Å². The highest BCUT2D eigenvalue weighted by Gasteiger charge is 2.43. The summed E-state index contributed by atoms with van der Waals surface area (Å²) in [6, 6.07) is 0. The van der Waals surface area contributed by atoms with Crippen molar-refractivity contribution in [2.45, 2.75) is 121 Å². The molecule has 4 heterocycles. The van der Waals surface area contributed by atoms with E-state index >= 15 is 0 Å². The molecule has 0 radical (unpaired) electrons. The Morgan fingerprint density at radius 3 is 1.00 bits per heavy atom. The van der Waals surface area contributed by atoms with Crippen LogP contribution in [0.4, 0.5) is 0 Å². The normalized spacial score (nSPS) is 21.4. The van der Waals surface area contributed by atoms with Gasteiger partial charge < -0.3 is 18.9 Å². The van der Waals surface area contributed by atoms with E-state index in [1.807, 2.05) is 0 Å². The summed E-state index contributed by atoms with van der Waals surface area (Å²) in [5.74, 6) is -2.69. The highest BCUT2D eigenvalue weighted by Crippen LogP contribution is 2.31. The summed E-state index contributed by atoms with van der Waals surface area (Å²) in [7, 11) is 0. The lowest BCUT2D eigenvalue weighted by molar-refractivity contribution is -0.140. The fraction of sp³-hybridized carbons (Fsp3) is 0.760. The van der Waals surface area contributed by atoms with Gasteiger partial charge in [-0.05, 0) is 39.5 Å². The first-order valence-corrected chi connectivity index (χ1v) is 29.3. The number of carbonyl (C=O) groups excluding carboxylic acids is 12. The van der Waals surface area contributed by atoms with Crippen molar-refractivity contribution in [1.29, 1.82) is 0 Å². The number of thioether (sulfide) groups is 4. The molecule has 4 aliphatic rings. The molecule has 414 valence electrons. The van der Waals surface area contributed by atoms with Crippen LogP contribution in [0.3, 0.4) is 0 Å². The molecule has 0 aromatic rings. The number of Topliss-reactive ketones (excluding diaryl/α,β-unsaturated/α-hetero) is 4. The summed E-state index contributed by atoms with van der Waals surface area (Å²) in [5, 5.41) is -2.56. The van der Waals surface area contributed by atoms with Gasteiger partial charge in [0.1, 0.15) is 23.1 Å². The Hall–Kier alpha value is -3.52. The summed E-state index contributed by atoms with van der Waals surface area (Å²) < 4.78 is 24.9. The van der Waals surface area contributed by atoms with Crippen LogP contribution >= 0.6 is 47.0 Å². The van der Waals surface area contributed by atoms with Gasteiger partial charge in [0, 0.05) is 89.6 Å². The van der Waals surface area contributed by atoms with Crippen molar-refractivity contribution < 1.29 is 76.5 Å². The van der Waals surface area contributed by atoms with E-state index in [0.29, 0.717) is 0 Å². The molecule has 20 nitrogen and oxygen atoms in total. The molecule has 0 spiro atoms. The van der Waals surface area contributed by atoms with Crippen LogP contribution in [0.25, 0.3) is 0 Å². The van der Waals surface area contributed by atoms with Gasteiger partial charge in [-0.3, -0.25) is 77.1 Å². The molecule has 4 fully saturated rings. The van der Waals surface area contributed by atoms with E-state index in [1.165, 1.54) is 57.0 Å². The van der Waals surface area contributed by atoms with Gasteiger partial charge in [0.05, 0.1) is 75.9 Å². The molecule has 24 heteroatoms. The van der Waals surface area contributed by atoms with Gasteiger partial charge in [0.2, 0.25) is 47.3 Å². The second-order valence-electron chi connectivity index (χ2n) is 20.4. The van der Waals surface area contributed by atoms with Gasteiger partial charge >= 0.3 is 0 Å². The maximum Gasteiger partial charge on any atom is 0.242 e. The number of ether oxygens (including phenoxy) is 4. The minimum absolute atomic E-state index is 0.00191. The molecule has 0 bridgehead atoms. The smallest absolute Gasteiger partial charge is 0.242 e. The number of ketones is 4. The summed E-state index contributed by atoms with van der Waals surface area (Å²) in [4.78, 5) is 156. The van der Waals surface area contributed by atoms with Gasteiger partial charge in [-0.2, -0.15) is 0 Å². The van der Waals surface area contributed by atoms with E-state index in [1.54, 1.807) is 34.6 Å². The number of hydrogen-bond acceptors (Lipinski definition) is 20. The van der Waals surface area contributed by atoms with E-state index in [2.05, 4.69) is 0 Å². The molecular weight excluding hydrogens is 1040 g/mol. The average Bonchev–Trinajstić information content (AvgIpc) is 3.97. The number of hydrogen-bond donors (Lipinski definition) is 0. The molecule has 0 aromatic heterocycles. The SMILES string of the molecule is CC(=O)CSC1CC(=O)N(CCCOCC(COCCCN2C(=O)CC(SCC(C)=O)C2=O)(COCCCN2C(=O)CC(SCC(=O)C(C)C)C2=O)COCCCN2C(=O)CC(SCC(=O)C(C)(C)C)C2=O)C1=O. The fourth-order valence-corrected chi connectivity index (χ4v) is 12.4. The number of nitrogens with zero attached hydrogens (tertiary/aromatic N) is 4. The standard InChI is InChI=1S/C50H74N4O16S4/c1-32(2)35(57)26-73-38-22-43(61)53(47(38)65)14-10-18-69-30-50(28-67-16-8-12-51-41(59)20-36(45(51)63)71-24-33(3)55,29-68-17-9-13-52-42(60)21-37(46(52)64)72-25-34(4)56)31-70-19-11-15-54-44(62)23-39(48(54)66)74-27-40(58)49(5,6)7/h32,36-39H,8-31H2,1-7H3. The number of amides is 8. The molecule has 0 N–H and O–H groups in total. The average molecular weight is 1120 g/mol. The Morgan fingerprint density at radius 2 is 0.743 bits per heavy atom. The number of carbonyl (C=O) groups is 12. The summed E-state index contributed by atoms with van der Waals surface area (Å²) >= 11 is 4.62. The van der Waals surface area contributed by atoms with Gasteiger partial charge in [-0.15, -0.1) is 47.0 Å². The lowest BCUT2D eigenvalue weighted by atomic mass is 9.92. The first kappa shape index (κ1) is 63.0. The van der Waals surface area contributed by atoms with Crippen molar-refractivity contribution in [3.8, 4) is 0 Å². The van der Waals surface area contributed by atoms with Crippen molar-refractivity contribution in [3.63, 3.8) is 0 Å². The lowest BCUT2D eigenvalue weighted by Gasteiger charge is -2.33. The monoisotopic (exact) mass is 1110 g/mol. The van der Waals surface area contributed by atoms with E-state index in [0.717, 1.165) is 23.5 Å². The molecule has 0 aliphatic carbocycles. The number of rotatable bonds is 37. The molecular formula is C50H74N4O16S4. The summed E-state index contributed by atoms with van der Waals surface area (Å²) in [5.41, 5.74) is -1.61. The van der Waals surface area contributed by atoms with Crippen LogP contribution in [-0.2, 0) is 76.5 Å². The zero-order valence-electron chi connectivity index (χ0n) is 43.8. The van der Waals surface area contributed by atoms with Crippen molar-refractivity contribution in [1.82, 2.24) is 19.6 Å². The van der Waals surface area contributed by atoms with Crippen LogP contribution in [0, 0.1) is 16.7 Å². The molecule has 4 saturated heterocycles. The first-order valence-electron chi connectivity index (χ1n) is 25.1. The van der Waals surface area contributed by atoms with Crippen molar-refractivity contribution in [2.75, 3.05) is 102 Å². The fourth-order valence-electron chi connectivity index (χ4n) is 7.95. The Kier molecular flexibility index (Phi) is 25.9. The summed E-state index contributed by atoms with van der Waals surface area (Å²) in [6.45, 7) is 12.5. The molecule has 0 saturated carbocycles. The van der Waals surface area contributed by atoms with E-state index in [9.17, 15) is 57.5 Å². The highest BCUT2D eigenvalue weighted by molar-refractivity contribution is 8.02. The molecule has 8 amide bonds. The second-order valence-corrected chi connectivity index (χ2v) is 25.1. The van der Waals surface area contributed by atoms with Gasteiger partial charge in [0.15, 0.2) is 0 Å². The molecule has 4 rings (SSSR count). The van der Waals surface area contributed by atoms with Gasteiger partial charge in [0.25, 0.3) is 0 Å². The maximum atomic E-state index is 13.2. The zero-order chi connectivity index (χ0) is 54.8. The van der Waals surface area contributed by atoms with Crippen LogP contribution in [0.2, 0.25) is 0 Å². The number of likely N-dealkylation sites (tertiary alicyclic amines) is 4. The predicted molar refractivity (Wildman–Crippen MR) is 280 cm³/mol. The third kappa shape index (κ3) is 19.5. The molecule has 4 unspecified atom stereocenters. The van der Waals surface area contributed by atoms with Crippen LogP contribution in [0.5, 0.6) is 0 Å². The largest absolute Gasteiger partial charge is 0.381 e. The van der Waals surface area contributed by atoms with Gasteiger partial charge in [-0.25, -0.2) is 0 Å². The Balaban J connectivity index is 1.42. The third-order valence-electron chi connectivity index (χ3n) is 12.4. The number of imide groups is 4. The Bertz CT molecular complexity index is 2020. The molecule has 4 atom stereocenters. The zero-order valence-corrected chi connectivity index (χ0v) is 47.1. The van der Waals surface area contributed by atoms with E-state index in [4.69, 9.17) is 18.9 Å². The Labute approximate surface area is 451 Å². The quantitative estimate of drug-likeness (QED) is 0.0640. The minimum Gasteiger partial charge on any atom is -0.381 e. The van der Waals surface area contributed by atoms with Crippen LogP contribution in [0.1, 0.15) is 99.8 Å². The summed E-state index contributed by atoms with van der Waals surface area (Å²) in [6.07, 6.45) is 1.14. The van der Waals surface area contributed by atoms with E-state index < -0.39 is 31.8 Å². The first-order chi connectivity index (χ1) is 34.9.